The first-order valence-corrected chi connectivity index (χ1v) is 9.47. The zero-order valence-corrected chi connectivity index (χ0v) is 16.1. The van der Waals surface area contributed by atoms with Gasteiger partial charge < -0.3 is 15.4 Å². The predicted octanol–water partition coefficient (Wildman–Crippen LogP) is 3.66. The maximum Gasteiger partial charge on any atom is 0.407 e. The molecule has 0 spiro atoms. The number of ether oxygens (including phenoxy) is 1. The number of rotatable bonds is 5. The van der Waals surface area contributed by atoms with E-state index in [1.165, 1.54) is 12.2 Å². The summed E-state index contributed by atoms with van der Waals surface area (Å²) in [4.78, 5) is 11.8. The quantitative estimate of drug-likeness (QED) is 0.808. The van der Waals surface area contributed by atoms with Crippen LogP contribution in [0.5, 0.6) is 0 Å². The Kier molecular flexibility index (Phi) is 7.06. The lowest BCUT2D eigenvalue weighted by molar-refractivity contribution is 0.0516. The van der Waals surface area contributed by atoms with Gasteiger partial charge in [0.2, 0.25) is 0 Å². The highest BCUT2D eigenvalue weighted by Gasteiger charge is 2.34. The number of thioether (sulfide) groups is 1. The van der Waals surface area contributed by atoms with Crippen LogP contribution in [0.2, 0.25) is 0 Å². The first-order chi connectivity index (χ1) is 10.0. The van der Waals surface area contributed by atoms with Crippen molar-refractivity contribution in [1.82, 2.24) is 10.6 Å². The molecule has 0 aromatic rings. The van der Waals surface area contributed by atoms with Crippen LogP contribution in [0.4, 0.5) is 4.79 Å². The summed E-state index contributed by atoms with van der Waals surface area (Å²) in [6, 6.07) is 0.745. The average molecular weight is 331 g/mol. The minimum absolute atomic E-state index is 0.260. The average Bonchev–Trinajstić information content (AvgIpc) is 2.33. The molecule has 2 unspecified atom stereocenters. The van der Waals surface area contributed by atoms with E-state index >= 15 is 0 Å². The summed E-state index contributed by atoms with van der Waals surface area (Å²) in [5.74, 6) is 2.84. The van der Waals surface area contributed by atoms with Crippen LogP contribution in [-0.2, 0) is 4.74 Å². The van der Waals surface area contributed by atoms with Gasteiger partial charge in [0, 0.05) is 24.4 Å². The fraction of sp³-hybridized carbons (Fsp3) is 0.941. The van der Waals surface area contributed by atoms with Gasteiger partial charge in [-0.25, -0.2) is 4.79 Å². The summed E-state index contributed by atoms with van der Waals surface area (Å²) < 4.78 is 5.32. The largest absolute Gasteiger partial charge is 0.444 e. The summed E-state index contributed by atoms with van der Waals surface area (Å²) in [7, 11) is 0. The number of amides is 1. The molecule has 5 heteroatoms. The standard InChI is InChI=1S/C17H34N2O2S/c1-12(2)13(10-18-15(20)21-16(3,4)5)19-14-11-22-9-8-17(14,6)7/h12-14,19H,8-11H2,1-7H3,(H,18,20). The minimum atomic E-state index is -0.452. The Morgan fingerprint density at radius 3 is 2.50 bits per heavy atom. The molecule has 1 saturated heterocycles. The summed E-state index contributed by atoms with van der Waals surface area (Å²) in [5, 5.41) is 6.68. The SMILES string of the molecule is CC(C)C(CNC(=O)OC(C)(C)C)NC1CSCCC1(C)C. The van der Waals surface area contributed by atoms with Crippen LogP contribution in [0.1, 0.15) is 54.9 Å². The molecule has 1 amide bonds. The smallest absolute Gasteiger partial charge is 0.407 e. The van der Waals surface area contributed by atoms with Gasteiger partial charge in [0.1, 0.15) is 5.60 Å². The number of nitrogens with one attached hydrogen (secondary N) is 2. The van der Waals surface area contributed by atoms with Crippen LogP contribution in [-0.4, -0.2) is 41.8 Å². The second kappa shape index (κ2) is 7.91. The molecule has 1 aliphatic heterocycles. The Hall–Kier alpha value is -0.420. The summed E-state index contributed by atoms with van der Waals surface area (Å²) >= 11 is 2.02. The lowest BCUT2D eigenvalue weighted by Gasteiger charge is -2.41. The molecule has 0 saturated carbocycles. The van der Waals surface area contributed by atoms with Crippen molar-refractivity contribution >= 4 is 17.9 Å². The molecule has 4 nitrogen and oxygen atoms in total. The Morgan fingerprint density at radius 2 is 2.00 bits per heavy atom. The van der Waals surface area contributed by atoms with Gasteiger partial charge >= 0.3 is 6.09 Å². The van der Waals surface area contributed by atoms with Crippen molar-refractivity contribution in [3.05, 3.63) is 0 Å². The van der Waals surface area contributed by atoms with Crippen molar-refractivity contribution in [2.45, 2.75) is 72.6 Å². The van der Waals surface area contributed by atoms with Crippen molar-refractivity contribution in [3.8, 4) is 0 Å². The van der Waals surface area contributed by atoms with Crippen LogP contribution < -0.4 is 10.6 Å². The third-order valence-electron chi connectivity index (χ3n) is 4.20. The summed E-state index contributed by atoms with van der Waals surface area (Å²) in [5.41, 5.74) is -0.142. The van der Waals surface area contributed by atoms with Gasteiger partial charge in [0.05, 0.1) is 0 Å². The van der Waals surface area contributed by atoms with E-state index in [1.54, 1.807) is 0 Å². The highest BCUT2D eigenvalue weighted by atomic mass is 32.2. The first-order valence-electron chi connectivity index (χ1n) is 8.32. The lowest BCUT2D eigenvalue weighted by Crippen LogP contribution is -2.55. The third-order valence-corrected chi connectivity index (χ3v) is 5.27. The molecule has 1 rings (SSSR count). The number of hydrogen-bond donors (Lipinski definition) is 2. The normalized spacial score (nSPS) is 23.2. The fourth-order valence-corrected chi connectivity index (χ4v) is 4.08. The molecule has 0 bridgehead atoms. The van der Waals surface area contributed by atoms with E-state index in [-0.39, 0.29) is 12.1 Å². The van der Waals surface area contributed by atoms with Crippen LogP contribution in [0.25, 0.3) is 0 Å². The van der Waals surface area contributed by atoms with Crippen molar-refractivity contribution in [2.75, 3.05) is 18.1 Å². The van der Waals surface area contributed by atoms with Gasteiger partial charge in [-0.2, -0.15) is 11.8 Å². The lowest BCUT2D eigenvalue weighted by atomic mass is 9.81. The van der Waals surface area contributed by atoms with E-state index in [2.05, 4.69) is 38.3 Å². The Balaban J connectivity index is 2.53. The molecule has 130 valence electrons. The van der Waals surface area contributed by atoms with Crippen LogP contribution >= 0.6 is 11.8 Å². The number of hydrogen-bond acceptors (Lipinski definition) is 4. The molecule has 1 aliphatic rings. The highest BCUT2D eigenvalue weighted by Crippen LogP contribution is 2.34. The number of carbonyl (C=O) groups is 1. The van der Waals surface area contributed by atoms with E-state index in [9.17, 15) is 4.79 Å². The van der Waals surface area contributed by atoms with E-state index in [4.69, 9.17) is 4.74 Å². The van der Waals surface area contributed by atoms with E-state index in [0.29, 0.717) is 23.9 Å². The second-order valence-corrected chi connectivity index (χ2v) is 9.42. The first kappa shape index (κ1) is 19.6. The highest BCUT2D eigenvalue weighted by molar-refractivity contribution is 7.99. The molecular formula is C17H34N2O2S. The second-order valence-electron chi connectivity index (χ2n) is 8.27. The van der Waals surface area contributed by atoms with E-state index < -0.39 is 5.60 Å². The van der Waals surface area contributed by atoms with Gasteiger partial charge in [-0.3, -0.25) is 0 Å². The third kappa shape index (κ3) is 6.78. The Bertz CT molecular complexity index is 364. The molecule has 0 radical (unpaired) electrons. The van der Waals surface area contributed by atoms with Crippen molar-refractivity contribution in [1.29, 1.82) is 0 Å². The van der Waals surface area contributed by atoms with Gasteiger partial charge in [-0.1, -0.05) is 27.7 Å². The maximum atomic E-state index is 11.8. The van der Waals surface area contributed by atoms with Gasteiger partial charge in [0.25, 0.3) is 0 Å². The Morgan fingerprint density at radius 1 is 1.36 bits per heavy atom. The minimum Gasteiger partial charge on any atom is -0.444 e. The van der Waals surface area contributed by atoms with Gasteiger partial charge in [-0.05, 0) is 44.3 Å². The Labute approximate surface area is 140 Å². The fourth-order valence-electron chi connectivity index (χ4n) is 2.46. The molecule has 1 heterocycles. The number of carbonyl (C=O) groups excluding carboxylic acids is 1. The number of alkyl carbamates (subject to hydrolysis) is 1. The maximum absolute atomic E-state index is 11.8. The topological polar surface area (TPSA) is 50.4 Å². The van der Waals surface area contributed by atoms with E-state index in [1.807, 2.05) is 32.5 Å². The van der Waals surface area contributed by atoms with Crippen molar-refractivity contribution in [3.63, 3.8) is 0 Å². The van der Waals surface area contributed by atoms with Crippen LogP contribution in [0.15, 0.2) is 0 Å². The zero-order chi connectivity index (χ0) is 17.0. The van der Waals surface area contributed by atoms with Crippen LogP contribution in [0, 0.1) is 11.3 Å². The van der Waals surface area contributed by atoms with Crippen molar-refractivity contribution < 1.29 is 9.53 Å². The summed E-state index contributed by atoms with van der Waals surface area (Å²) in [6.45, 7) is 15.3. The summed E-state index contributed by atoms with van der Waals surface area (Å²) in [6.07, 6.45) is 0.900. The van der Waals surface area contributed by atoms with E-state index in [0.717, 1.165) is 5.75 Å². The molecular weight excluding hydrogens is 296 g/mol. The molecule has 2 N–H and O–H groups in total. The molecule has 2 atom stereocenters. The molecule has 0 aromatic heterocycles. The van der Waals surface area contributed by atoms with Crippen molar-refractivity contribution in [2.24, 2.45) is 11.3 Å². The molecule has 0 aromatic carbocycles. The van der Waals surface area contributed by atoms with Gasteiger partial charge in [0.15, 0.2) is 0 Å². The molecule has 0 aliphatic carbocycles. The van der Waals surface area contributed by atoms with Crippen LogP contribution in [0.3, 0.4) is 0 Å². The molecule has 1 fully saturated rings. The monoisotopic (exact) mass is 330 g/mol. The predicted molar refractivity (Wildman–Crippen MR) is 95.5 cm³/mol. The molecule has 22 heavy (non-hydrogen) atoms. The van der Waals surface area contributed by atoms with Gasteiger partial charge in [-0.15, -0.1) is 0 Å². The zero-order valence-electron chi connectivity index (χ0n) is 15.3.